The van der Waals surface area contributed by atoms with Gasteiger partial charge in [0.2, 0.25) is 0 Å². The van der Waals surface area contributed by atoms with Gasteiger partial charge in [0, 0.05) is 18.2 Å². The topological polar surface area (TPSA) is 27.0 Å². The molecule has 27 heavy (non-hydrogen) atoms. The molecule has 2 atom stereocenters. The third-order valence-corrected chi connectivity index (χ3v) is 5.78. The summed E-state index contributed by atoms with van der Waals surface area (Å²) in [5.74, 6) is -0.241. The fraction of sp³-hybridized carbons (Fsp3) is 0.458. The average Bonchev–Trinajstić information content (AvgIpc) is 2.67. The van der Waals surface area contributed by atoms with E-state index in [2.05, 4.69) is 49.2 Å². The molecule has 0 amide bonds. The summed E-state index contributed by atoms with van der Waals surface area (Å²) in [6.45, 7) is 7.09. The summed E-state index contributed by atoms with van der Waals surface area (Å²) >= 11 is 0. The Balaban J connectivity index is 2.18. The second-order valence-electron chi connectivity index (χ2n) is 7.72. The van der Waals surface area contributed by atoms with Crippen molar-refractivity contribution in [3.8, 4) is 6.07 Å². The first-order valence-corrected chi connectivity index (χ1v) is 9.85. The summed E-state index contributed by atoms with van der Waals surface area (Å²) in [6, 6.07) is 20.0. The van der Waals surface area contributed by atoms with Crippen molar-refractivity contribution in [1.82, 2.24) is 4.90 Å². The van der Waals surface area contributed by atoms with Gasteiger partial charge in [0.25, 0.3) is 0 Å². The van der Waals surface area contributed by atoms with E-state index < -0.39 is 5.41 Å². The van der Waals surface area contributed by atoms with Gasteiger partial charge < -0.3 is 0 Å². The minimum Gasteiger partial charge on any atom is -0.299 e. The van der Waals surface area contributed by atoms with Gasteiger partial charge in [-0.25, -0.2) is 4.39 Å². The van der Waals surface area contributed by atoms with E-state index >= 15 is 0 Å². The van der Waals surface area contributed by atoms with Crippen LogP contribution in [0.15, 0.2) is 54.6 Å². The highest BCUT2D eigenvalue weighted by atomic mass is 19.1. The largest absolute Gasteiger partial charge is 0.299 e. The molecule has 2 aromatic carbocycles. The van der Waals surface area contributed by atoms with E-state index in [-0.39, 0.29) is 11.7 Å². The van der Waals surface area contributed by atoms with Crippen molar-refractivity contribution in [2.45, 2.75) is 58.0 Å². The van der Waals surface area contributed by atoms with Crippen LogP contribution in [-0.4, -0.2) is 18.0 Å². The molecule has 0 aliphatic heterocycles. The summed E-state index contributed by atoms with van der Waals surface area (Å²) in [5.41, 5.74) is 1.01. The van der Waals surface area contributed by atoms with Gasteiger partial charge in [-0.2, -0.15) is 5.26 Å². The van der Waals surface area contributed by atoms with E-state index in [1.54, 1.807) is 12.1 Å². The van der Waals surface area contributed by atoms with E-state index in [1.807, 2.05) is 26.0 Å². The second kappa shape index (κ2) is 9.67. The van der Waals surface area contributed by atoms with Gasteiger partial charge in [-0.3, -0.25) is 4.90 Å². The van der Waals surface area contributed by atoms with Crippen LogP contribution in [0.25, 0.3) is 0 Å². The first-order valence-electron chi connectivity index (χ1n) is 9.85. The van der Waals surface area contributed by atoms with Gasteiger partial charge in [-0.1, -0.05) is 69.3 Å². The number of hydrogen-bond acceptors (Lipinski definition) is 2. The van der Waals surface area contributed by atoms with E-state index in [9.17, 15) is 9.65 Å². The van der Waals surface area contributed by atoms with Crippen molar-refractivity contribution >= 4 is 0 Å². The lowest BCUT2D eigenvalue weighted by molar-refractivity contribution is 0.196. The van der Waals surface area contributed by atoms with Gasteiger partial charge in [0.15, 0.2) is 0 Å². The van der Waals surface area contributed by atoms with E-state index in [0.717, 1.165) is 19.4 Å². The van der Waals surface area contributed by atoms with Gasteiger partial charge in [-0.05, 0) is 43.9 Å². The van der Waals surface area contributed by atoms with Gasteiger partial charge >= 0.3 is 0 Å². The molecule has 2 unspecified atom stereocenters. The Morgan fingerprint density at radius 2 is 1.70 bits per heavy atom. The van der Waals surface area contributed by atoms with Crippen LogP contribution >= 0.6 is 0 Å². The molecule has 0 saturated heterocycles. The maximum atomic E-state index is 14.5. The lowest BCUT2D eigenvalue weighted by Crippen LogP contribution is -2.36. The Kier molecular flexibility index (Phi) is 7.56. The van der Waals surface area contributed by atoms with Crippen molar-refractivity contribution < 1.29 is 4.39 Å². The fourth-order valence-corrected chi connectivity index (χ4v) is 3.93. The molecular formula is C24H31FN2. The summed E-state index contributed by atoms with van der Waals surface area (Å²) in [7, 11) is 2.13. The lowest BCUT2D eigenvalue weighted by Gasteiger charge is -2.35. The number of benzene rings is 2. The second-order valence-corrected chi connectivity index (χ2v) is 7.72. The molecule has 2 aromatic rings. The molecule has 0 spiro atoms. The van der Waals surface area contributed by atoms with Crippen LogP contribution in [0.1, 0.15) is 51.2 Å². The van der Waals surface area contributed by atoms with E-state index in [1.165, 1.54) is 11.6 Å². The molecule has 0 aliphatic rings. The zero-order valence-electron chi connectivity index (χ0n) is 17.0. The monoisotopic (exact) mass is 366 g/mol. The summed E-state index contributed by atoms with van der Waals surface area (Å²) < 4.78 is 14.5. The van der Waals surface area contributed by atoms with Crippen molar-refractivity contribution in [3.63, 3.8) is 0 Å². The Labute approximate surface area is 163 Å². The number of rotatable bonds is 9. The molecular weight excluding hydrogens is 335 g/mol. The Hall–Kier alpha value is -2.18. The maximum absolute atomic E-state index is 14.5. The van der Waals surface area contributed by atoms with Crippen molar-refractivity contribution in [1.29, 1.82) is 5.26 Å². The van der Waals surface area contributed by atoms with Crippen molar-refractivity contribution in [2.24, 2.45) is 5.92 Å². The van der Waals surface area contributed by atoms with Crippen LogP contribution in [0.5, 0.6) is 0 Å². The molecule has 0 saturated carbocycles. The quantitative estimate of drug-likeness (QED) is 0.549. The number of nitrogens with zero attached hydrogens (tertiary/aromatic N) is 2. The zero-order chi connectivity index (χ0) is 19.9. The molecule has 0 heterocycles. The van der Waals surface area contributed by atoms with Gasteiger partial charge in [0.05, 0.1) is 11.5 Å². The molecule has 0 bridgehead atoms. The first-order chi connectivity index (χ1) is 12.9. The Morgan fingerprint density at radius 3 is 2.26 bits per heavy atom. The van der Waals surface area contributed by atoms with Crippen molar-refractivity contribution in [3.05, 3.63) is 71.5 Å². The van der Waals surface area contributed by atoms with Crippen LogP contribution in [0.4, 0.5) is 4.39 Å². The van der Waals surface area contributed by atoms with Crippen LogP contribution in [0.3, 0.4) is 0 Å². The van der Waals surface area contributed by atoms with Crippen LogP contribution in [-0.2, 0) is 12.0 Å². The smallest absolute Gasteiger partial charge is 0.128 e. The standard InChI is InChI=1S/C24H31FN2/c1-5-21(27(4)17-20-11-7-6-8-12-20)15-16-24(18-26,19(2)3)22-13-9-10-14-23(22)25/h6-14,19,21H,5,15-17H2,1-4H3. The summed E-state index contributed by atoms with van der Waals surface area (Å²) in [6.07, 6.45) is 2.51. The maximum Gasteiger partial charge on any atom is 0.128 e. The SMILES string of the molecule is CCC(CCC(C#N)(c1ccccc1F)C(C)C)N(C)Cc1ccccc1. The minimum absolute atomic E-state index is 0.0383. The lowest BCUT2D eigenvalue weighted by atomic mass is 9.69. The number of hydrogen-bond donors (Lipinski definition) is 0. The predicted octanol–water partition coefficient (Wildman–Crippen LogP) is 5.93. The molecule has 0 fully saturated rings. The molecule has 2 nitrogen and oxygen atoms in total. The van der Waals surface area contributed by atoms with E-state index in [0.29, 0.717) is 18.0 Å². The number of halogens is 1. The minimum atomic E-state index is -0.799. The van der Waals surface area contributed by atoms with Crippen LogP contribution in [0, 0.1) is 23.1 Å². The third kappa shape index (κ3) is 4.96. The molecule has 3 heteroatoms. The summed E-state index contributed by atoms with van der Waals surface area (Å²) in [5, 5.41) is 10.1. The Bertz CT molecular complexity index is 750. The first kappa shape index (κ1) is 21.1. The van der Waals surface area contributed by atoms with Gasteiger partial charge in [-0.15, -0.1) is 0 Å². The number of nitriles is 1. The van der Waals surface area contributed by atoms with Gasteiger partial charge in [0.1, 0.15) is 5.82 Å². The molecule has 144 valence electrons. The highest BCUT2D eigenvalue weighted by molar-refractivity contribution is 5.34. The normalized spacial score (nSPS) is 14.7. The van der Waals surface area contributed by atoms with Crippen molar-refractivity contribution in [2.75, 3.05) is 7.05 Å². The highest BCUT2D eigenvalue weighted by Crippen LogP contribution is 2.38. The molecule has 0 N–H and O–H groups in total. The molecule has 2 rings (SSSR count). The molecule has 0 aliphatic carbocycles. The molecule has 0 aromatic heterocycles. The average molecular weight is 367 g/mol. The molecule has 0 radical (unpaired) electrons. The van der Waals surface area contributed by atoms with Crippen LogP contribution in [0.2, 0.25) is 0 Å². The predicted molar refractivity (Wildman–Crippen MR) is 110 cm³/mol. The third-order valence-electron chi connectivity index (χ3n) is 5.78. The van der Waals surface area contributed by atoms with Crippen LogP contribution < -0.4 is 0 Å². The summed E-state index contributed by atoms with van der Waals surface area (Å²) in [4.78, 5) is 2.35. The fourth-order valence-electron chi connectivity index (χ4n) is 3.93. The zero-order valence-corrected chi connectivity index (χ0v) is 17.0. The Morgan fingerprint density at radius 1 is 1.07 bits per heavy atom. The van der Waals surface area contributed by atoms with E-state index in [4.69, 9.17) is 0 Å². The highest BCUT2D eigenvalue weighted by Gasteiger charge is 2.38.